The van der Waals surface area contributed by atoms with Crippen LogP contribution in [0.2, 0.25) is 0 Å². The van der Waals surface area contributed by atoms with E-state index in [1.807, 2.05) is 6.92 Å². The highest BCUT2D eigenvalue weighted by atomic mass is 79.9. The standard InChI is InChI=1S/C25H23BrN2O6S/c1-4-13-33-23-11-7-18(15-24(23)32-3)25(29)28-27-16-19-14-20(26)8-12-22(19)34-35(30,31)21-9-5-17(2)6-10-21/h4-12,14-16H,1,13H2,2-3H3,(H,28,29)/b27-16+. The van der Waals surface area contributed by atoms with E-state index in [1.54, 1.807) is 42.5 Å². The first-order valence-corrected chi connectivity index (χ1v) is 12.5. The van der Waals surface area contributed by atoms with Gasteiger partial charge in [-0.3, -0.25) is 4.79 Å². The summed E-state index contributed by atoms with van der Waals surface area (Å²) in [6.45, 7) is 5.75. The van der Waals surface area contributed by atoms with Crippen LogP contribution in [0.25, 0.3) is 0 Å². The predicted molar refractivity (Wildman–Crippen MR) is 137 cm³/mol. The first kappa shape index (κ1) is 26.0. The first-order chi connectivity index (χ1) is 16.7. The van der Waals surface area contributed by atoms with Crippen molar-refractivity contribution in [3.8, 4) is 17.2 Å². The molecule has 0 bridgehead atoms. The van der Waals surface area contributed by atoms with Crippen LogP contribution in [0.4, 0.5) is 0 Å². The number of methoxy groups -OCH3 is 1. The number of rotatable bonds is 10. The van der Waals surface area contributed by atoms with Crippen LogP contribution in [0.1, 0.15) is 21.5 Å². The monoisotopic (exact) mass is 558 g/mol. The van der Waals surface area contributed by atoms with E-state index in [9.17, 15) is 13.2 Å². The smallest absolute Gasteiger partial charge is 0.339 e. The van der Waals surface area contributed by atoms with Gasteiger partial charge >= 0.3 is 10.1 Å². The number of hydrogen-bond acceptors (Lipinski definition) is 7. The number of hydrazone groups is 1. The maximum Gasteiger partial charge on any atom is 0.339 e. The summed E-state index contributed by atoms with van der Waals surface area (Å²) in [6, 6.07) is 15.7. The molecule has 3 aromatic rings. The summed E-state index contributed by atoms with van der Waals surface area (Å²) in [7, 11) is -2.60. The molecule has 1 amide bonds. The van der Waals surface area contributed by atoms with Gasteiger partial charge in [-0.2, -0.15) is 13.5 Å². The Labute approximate surface area is 212 Å². The van der Waals surface area contributed by atoms with Crippen LogP contribution < -0.4 is 19.1 Å². The fourth-order valence-corrected chi connectivity index (χ4v) is 4.20. The fourth-order valence-electron chi connectivity index (χ4n) is 2.87. The van der Waals surface area contributed by atoms with E-state index in [2.05, 4.69) is 33.0 Å². The second kappa shape index (κ2) is 11.7. The molecule has 0 saturated carbocycles. The van der Waals surface area contributed by atoms with Crippen LogP contribution in [-0.4, -0.2) is 34.3 Å². The molecule has 0 aliphatic carbocycles. The van der Waals surface area contributed by atoms with Crippen molar-refractivity contribution in [2.24, 2.45) is 5.10 Å². The molecule has 0 aliphatic rings. The fraction of sp³-hybridized carbons (Fsp3) is 0.120. The van der Waals surface area contributed by atoms with Gasteiger partial charge in [0.25, 0.3) is 5.91 Å². The van der Waals surface area contributed by atoms with Crippen LogP contribution >= 0.6 is 15.9 Å². The van der Waals surface area contributed by atoms with Crippen molar-refractivity contribution in [2.75, 3.05) is 13.7 Å². The average molecular weight is 559 g/mol. The SMILES string of the molecule is C=CCOc1ccc(C(=O)N/N=C/c2cc(Br)ccc2OS(=O)(=O)c2ccc(C)cc2)cc1OC. The average Bonchev–Trinajstić information content (AvgIpc) is 2.84. The highest BCUT2D eigenvalue weighted by Crippen LogP contribution is 2.28. The molecule has 0 unspecified atom stereocenters. The van der Waals surface area contributed by atoms with Gasteiger partial charge in [-0.1, -0.05) is 46.3 Å². The maximum absolute atomic E-state index is 12.7. The third kappa shape index (κ3) is 6.93. The summed E-state index contributed by atoms with van der Waals surface area (Å²) in [4.78, 5) is 12.6. The molecule has 0 fully saturated rings. The molecule has 0 heterocycles. The predicted octanol–water partition coefficient (Wildman–Crippen LogP) is 4.86. The highest BCUT2D eigenvalue weighted by molar-refractivity contribution is 9.10. The number of nitrogens with one attached hydrogen (secondary N) is 1. The van der Waals surface area contributed by atoms with Crippen LogP contribution in [0.3, 0.4) is 0 Å². The second-order valence-corrected chi connectivity index (χ2v) is 9.66. The molecule has 35 heavy (non-hydrogen) atoms. The first-order valence-electron chi connectivity index (χ1n) is 10.3. The molecule has 0 aliphatic heterocycles. The Morgan fingerprint density at radius 1 is 1.06 bits per heavy atom. The van der Waals surface area contributed by atoms with Crippen LogP contribution in [0.5, 0.6) is 17.2 Å². The molecule has 0 atom stereocenters. The lowest BCUT2D eigenvalue weighted by Crippen LogP contribution is -2.18. The third-order valence-corrected chi connectivity index (χ3v) is 6.37. The number of ether oxygens (including phenoxy) is 2. The number of nitrogens with zero attached hydrogens (tertiary/aromatic N) is 1. The Morgan fingerprint density at radius 2 is 1.77 bits per heavy atom. The Hall–Kier alpha value is -3.63. The molecule has 0 saturated heterocycles. The minimum absolute atomic E-state index is 0.0247. The molecular formula is C25H23BrN2O6S. The van der Waals surface area contributed by atoms with Gasteiger partial charge in [-0.15, -0.1) is 0 Å². The number of carbonyl (C=O) groups is 1. The number of benzene rings is 3. The zero-order valence-electron chi connectivity index (χ0n) is 19.0. The lowest BCUT2D eigenvalue weighted by atomic mass is 10.2. The van der Waals surface area contributed by atoms with Crippen molar-refractivity contribution < 1.29 is 26.9 Å². The summed E-state index contributed by atoms with van der Waals surface area (Å²) in [5, 5.41) is 3.96. The number of carbonyl (C=O) groups excluding carboxylic acids is 1. The van der Waals surface area contributed by atoms with Gasteiger partial charge in [-0.25, -0.2) is 5.43 Å². The number of amides is 1. The van der Waals surface area contributed by atoms with E-state index in [0.29, 0.717) is 28.1 Å². The zero-order chi connectivity index (χ0) is 25.4. The normalized spacial score (nSPS) is 11.2. The van der Waals surface area contributed by atoms with Gasteiger partial charge in [0.15, 0.2) is 17.2 Å². The Bertz CT molecular complexity index is 1350. The van der Waals surface area contributed by atoms with Crippen molar-refractivity contribution in [3.05, 3.63) is 94.5 Å². The largest absolute Gasteiger partial charge is 0.493 e. The van der Waals surface area contributed by atoms with Crippen molar-refractivity contribution in [2.45, 2.75) is 11.8 Å². The molecule has 0 spiro atoms. The topological polar surface area (TPSA) is 103 Å². The van der Waals surface area contributed by atoms with E-state index >= 15 is 0 Å². The lowest BCUT2D eigenvalue weighted by molar-refractivity contribution is 0.0954. The highest BCUT2D eigenvalue weighted by Gasteiger charge is 2.18. The quantitative estimate of drug-likeness (QED) is 0.165. The number of halogens is 1. The summed E-state index contributed by atoms with van der Waals surface area (Å²) in [6.07, 6.45) is 2.89. The molecule has 182 valence electrons. The Balaban J connectivity index is 1.77. The van der Waals surface area contributed by atoms with Gasteiger partial charge in [0.1, 0.15) is 11.5 Å². The van der Waals surface area contributed by atoms with E-state index in [1.165, 1.54) is 37.6 Å². The third-order valence-electron chi connectivity index (χ3n) is 4.63. The van der Waals surface area contributed by atoms with Crippen LogP contribution in [-0.2, 0) is 10.1 Å². The van der Waals surface area contributed by atoms with Gasteiger partial charge < -0.3 is 13.7 Å². The summed E-state index contributed by atoms with van der Waals surface area (Å²) < 4.78 is 42.2. The second-order valence-electron chi connectivity index (χ2n) is 7.20. The molecule has 10 heteroatoms. The zero-order valence-corrected chi connectivity index (χ0v) is 21.4. The molecule has 1 N–H and O–H groups in total. The van der Waals surface area contributed by atoms with E-state index in [-0.39, 0.29) is 16.2 Å². The summed E-state index contributed by atoms with van der Waals surface area (Å²) in [5.74, 6) is 0.405. The van der Waals surface area contributed by atoms with Crippen molar-refractivity contribution in [1.82, 2.24) is 5.43 Å². The van der Waals surface area contributed by atoms with E-state index < -0.39 is 16.0 Å². The summed E-state index contributed by atoms with van der Waals surface area (Å²) in [5.41, 5.74) is 3.95. The van der Waals surface area contributed by atoms with Crippen LogP contribution in [0.15, 0.2) is 87.8 Å². The summed E-state index contributed by atoms with van der Waals surface area (Å²) >= 11 is 3.34. The maximum atomic E-state index is 12.7. The molecule has 0 radical (unpaired) electrons. The Morgan fingerprint density at radius 3 is 2.46 bits per heavy atom. The Kier molecular flexibility index (Phi) is 8.67. The lowest BCUT2D eigenvalue weighted by Gasteiger charge is -2.11. The van der Waals surface area contributed by atoms with Gasteiger partial charge in [-0.05, 0) is 55.5 Å². The van der Waals surface area contributed by atoms with Gasteiger partial charge in [0.05, 0.1) is 13.3 Å². The minimum Gasteiger partial charge on any atom is -0.493 e. The number of aryl methyl sites for hydroxylation is 1. The molecule has 0 aromatic heterocycles. The van der Waals surface area contributed by atoms with Gasteiger partial charge in [0, 0.05) is 15.6 Å². The minimum atomic E-state index is -4.06. The van der Waals surface area contributed by atoms with E-state index in [4.69, 9.17) is 13.7 Å². The van der Waals surface area contributed by atoms with Crippen molar-refractivity contribution in [1.29, 1.82) is 0 Å². The van der Waals surface area contributed by atoms with E-state index in [0.717, 1.165) is 5.56 Å². The molecular weight excluding hydrogens is 536 g/mol. The van der Waals surface area contributed by atoms with Gasteiger partial charge in [0.2, 0.25) is 0 Å². The van der Waals surface area contributed by atoms with Crippen molar-refractivity contribution >= 4 is 38.2 Å². The van der Waals surface area contributed by atoms with Crippen molar-refractivity contribution in [3.63, 3.8) is 0 Å². The number of hydrogen-bond donors (Lipinski definition) is 1. The molecule has 8 nitrogen and oxygen atoms in total. The molecule has 3 aromatic carbocycles. The van der Waals surface area contributed by atoms with Crippen LogP contribution in [0, 0.1) is 6.92 Å². The molecule has 3 rings (SSSR count).